The Labute approximate surface area is 123 Å². The molecule has 0 saturated heterocycles. The highest BCUT2D eigenvalue weighted by molar-refractivity contribution is 5.24. The molecule has 2 aromatic carbocycles. The Balaban J connectivity index is 2.03. The van der Waals surface area contributed by atoms with Crippen molar-refractivity contribution in [2.75, 3.05) is 6.54 Å². The van der Waals surface area contributed by atoms with Crippen molar-refractivity contribution < 1.29 is 0 Å². The molecular weight excluding hydrogens is 242 g/mol. The van der Waals surface area contributed by atoms with Crippen molar-refractivity contribution in [3.05, 3.63) is 71.8 Å². The second-order valence-electron chi connectivity index (χ2n) is 5.89. The Morgan fingerprint density at radius 2 is 1.45 bits per heavy atom. The monoisotopic (exact) mass is 267 g/mol. The van der Waals surface area contributed by atoms with E-state index in [9.17, 15) is 0 Å². The van der Waals surface area contributed by atoms with Gasteiger partial charge in [0, 0.05) is 5.54 Å². The molecule has 0 heterocycles. The second kappa shape index (κ2) is 6.71. The molecule has 1 nitrogen and oxygen atoms in total. The smallest absolute Gasteiger partial charge is 0.0429 e. The average molecular weight is 267 g/mol. The minimum Gasteiger partial charge on any atom is -0.307 e. The van der Waals surface area contributed by atoms with Crippen LogP contribution < -0.4 is 5.32 Å². The van der Waals surface area contributed by atoms with E-state index >= 15 is 0 Å². The zero-order valence-corrected chi connectivity index (χ0v) is 12.8. The third-order valence-corrected chi connectivity index (χ3v) is 4.28. The van der Waals surface area contributed by atoms with Gasteiger partial charge in [-0.1, -0.05) is 74.5 Å². The second-order valence-corrected chi connectivity index (χ2v) is 5.89. The minimum atomic E-state index is 0.0238. The van der Waals surface area contributed by atoms with E-state index in [1.807, 2.05) is 0 Å². The normalized spacial score (nSPS) is 14.2. The number of hydrogen-bond acceptors (Lipinski definition) is 1. The molecule has 1 unspecified atom stereocenters. The highest BCUT2D eigenvalue weighted by Crippen LogP contribution is 2.28. The first-order chi connectivity index (χ1) is 9.63. The van der Waals surface area contributed by atoms with Crippen molar-refractivity contribution in [2.24, 2.45) is 5.92 Å². The summed E-state index contributed by atoms with van der Waals surface area (Å²) in [5.74, 6) is 0.542. The summed E-state index contributed by atoms with van der Waals surface area (Å²) in [6, 6.07) is 21.4. The van der Waals surface area contributed by atoms with E-state index in [-0.39, 0.29) is 5.54 Å². The van der Waals surface area contributed by atoms with Gasteiger partial charge in [-0.15, -0.1) is 0 Å². The summed E-state index contributed by atoms with van der Waals surface area (Å²) in [7, 11) is 0. The van der Waals surface area contributed by atoms with Crippen LogP contribution in [-0.2, 0) is 12.0 Å². The predicted octanol–water partition coefficient (Wildman–Crippen LogP) is 4.39. The lowest BCUT2D eigenvalue weighted by atomic mass is 9.81. The number of benzene rings is 2. The van der Waals surface area contributed by atoms with Crippen molar-refractivity contribution >= 4 is 0 Å². The van der Waals surface area contributed by atoms with Crippen LogP contribution in [-0.4, -0.2) is 6.54 Å². The Hall–Kier alpha value is -1.60. The fourth-order valence-electron chi connectivity index (χ4n) is 2.54. The molecule has 0 fully saturated rings. The minimum absolute atomic E-state index is 0.0238. The van der Waals surface area contributed by atoms with E-state index in [4.69, 9.17) is 0 Å². The van der Waals surface area contributed by atoms with Crippen LogP contribution in [0.4, 0.5) is 0 Å². The standard InChI is InChI=1S/C19H25N/c1-16(2)19(3,18-12-8-5-9-13-18)20-15-14-17-10-6-4-7-11-17/h4-13,16,20H,14-15H2,1-3H3. The van der Waals surface area contributed by atoms with E-state index < -0.39 is 0 Å². The molecule has 20 heavy (non-hydrogen) atoms. The van der Waals surface area contributed by atoms with Gasteiger partial charge >= 0.3 is 0 Å². The third kappa shape index (κ3) is 3.49. The van der Waals surface area contributed by atoms with Gasteiger partial charge in [-0.25, -0.2) is 0 Å². The molecule has 0 aromatic heterocycles. The van der Waals surface area contributed by atoms with Crippen LogP contribution in [0, 0.1) is 5.92 Å². The summed E-state index contributed by atoms with van der Waals surface area (Å²) in [5, 5.41) is 3.76. The Morgan fingerprint density at radius 3 is 2.00 bits per heavy atom. The summed E-state index contributed by atoms with van der Waals surface area (Å²) in [6.45, 7) is 7.86. The van der Waals surface area contributed by atoms with Crippen molar-refractivity contribution in [1.82, 2.24) is 5.32 Å². The maximum atomic E-state index is 3.76. The Bertz CT molecular complexity index is 504. The van der Waals surface area contributed by atoms with Gasteiger partial charge in [-0.2, -0.15) is 0 Å². The van der Waals surface area contributed by atoms with Gasteiger partial charge in [-0.3, -0.25) is 0 Å². The van der Waals surface area contributed by atoms with Gasteiger partial charge in [0.2, 0.25) is 0 Å². The van der Waals surface area contributed by atoms with Gasteiger partial charge < -0.3 is 5.32 Å². The van der Waals surface area contributed by atoms with Gasteiger partial charge in [0.15, 0.2) is 0 Å². The Kier molecular flexibility index (Phi) is 4.97. The lowest BCUT2D eigenvalue weighted by Crippen LogP contribution is -2.45. The number of rotatable bonds is 6. The lowest BCUT2D eigenvalue weighted by molar-refractivity contribution is 0.267. The molecule has 0 radical (unpaired) electrons. The fraction of sp³-hybridized carbons (Fsp3) is 0.368. The molecule has 0 bridgehead atoms. The van der Waals surface area contributed by atoms with Crippen LogP contribution in [0.25, 0.3) is 0 Å². The van der Waals surface area contributed by atoms with E-state index in [0.717, 1.165) is 13.0 Å². The predicted molar refractivity (Wildman–Crippen MR) is 86.8 cm³/mol. The number of hydrogen-bond donors (Lipinski definition) is 1. The van der Waals surface area contributed by atoms with Gasteiger partial charge in [0.05, 0.1) is 0 Å². The highest BCUT2D eigenvalue weighted by Gasteiger charge is 2.29. The van der Waals surface area contributed by atoms with E-state index in [1.165, 1.54) is 11.1 Å². The van der Waals surface area contributed by atoms with Crippen LogP contribution >= 0.6 is 0 Å². The first kappa shape index (κ1) is 14.8. The molecule has 2 aromatic rings. The quantitative estimate of drug-likeness (QED) is 0.818. The molecule has 0 saturated carbocycles. The molecule has 1 N–H and O–H groups in total. The summed E-state index contributed by atoms with van der Waals surface area (Å²) in [4.78, 5) is 0. The van der Waals surface area contributed by atoms with Crippen molar-refractivity contribution in [3.63, 3.8) is 0 Å². The number of nitrogens with one attached hydrogen (secondary N) is 1. The largest absolute Gasteiger partial charge is 0.307 e. The summed E-state index contributed by atoms with van der Waals surface area (Å²) in [6.07, 6.45) is 1.07. The van der Waals surface area contributed by atoms with E-state index in [2.05, 4.69) is 86.8 Å². The molecule has 1 atom stereocenters. The maximum Gasteiger partial charge on any atom is 0.0429 e. The van der Waals surface area contributed by atoms with Gasteiger partial charge in [0.1, 0.15) is 0 Å². The molecular formula is C19H25N. The molecule has 0 aliphatic rings. The van der Waals surface area contributed by atoms with E-state index in [1.54, 1.807) is 0 Å². The topological polar surface area (TPSA) is 12.0 Å². The summed E-state index contributed by atoms with van der Waals surface area (Å²) in [5.41, 5.74) is 2.78. The molecule has 0 aliphatic carbocycles. The molecule has 2 rings (SSSR count). The first-order valence-electron chi connectivity index (χ1n) is 7.47. The zero-order chi connectivity index (χ0) is 14.4. The van der Waals surface area contributed by atoms with Crippen molar-refractivity contribution in [2.45, 2.75) is 32.7 Å². The Morgan fingerprint density at radius 1 is 0.900 bits per heavy atom. The molecule has 1 heteroatoms. The fourth-order valence-corrected chi connectivity index (χ4v) is 2.54. The molecule has 106 valence electrons. The summed E-state index contributed by atoms with van der Waals surface area (Å²) >= 11 is 0. The highest BCUT2D eigenvalue weighted by atomic mass is 15.0. The maximum absolute atomic E-state index is 3.76. The average Bonchev–Trinajstić information content (AvgIpc) is 2.49. The third-order valence-electron chi connectivity index (χ3n) is 4.28. The van der Waals surface area contributed by atoms with Crippen molar-refractivity contribution in [1.29, 1.82) is 0 Å². The molecule has 0 amide bonds. The first-order valence-corrected chi connectivity index (χ1v) is 7.47. The van der Waals surface area contributed by atoms with Crippen LogP contribution in [0.5, 0.6) is 0 Å². The SMILES string of the molecule is CC(C)C(C)(NCCc1ccccc1)c1ccccc1. The molecule has 0 aliphatic heterocycles. The van der Waals surface area contributed by atoms with E-state index in [0.29, 0.717) is 5.92 Å². The van der Waals surface area contributed by atoms with Crippen LogP contribution in [0.15, 0.2) is 60.7 Å². The molecule has 0 spiro atoms. The van der Waals surface area contributed by atoms with Gasteiger partial charge in [-0.05, 0) is 36.9 Å². The van der Waals surface area contributed by atoms with Gasteiger partial charge in [0.25, 0.3) is 0 Å². The van der Waals surface area contributed by atoms with Crippen LogP contribution in [0.1, 0.15) is 31.9 Å². The van der Waals surface area contributed by atoms with Crippen LogP contribution in [0.3, 0.4) is 0 Å². The van der Waals surface area contributed by atoms with Crippen molar-refractivity contribution in [3.8, 4) is 0 Å². The lowest BCUT2D eigenvalue weighted by Gasteiger charge is -2.36. The van der Waals surface area contributed by atoms with Crippen LogP contribution in [0.2, 0.25) is 0 Å². The summed E-state index contributed by atoms with van der Waals surface area (Å²) < 4.78 is 0. The zero-order valence-electron chi connectivity index (χ0n) is 12.8.